The van der Waals surface area contributed by atoms with Crippen molar-refractivity contribution < 1.29 is 11.0 Å². The molecule has 0 bridgehead atoms. The maximum Gasteiger partial charge on any atom is 0.330 e. The van der Waals surface area contributed by atoms with E-state index < -0.39 is 17.1 Å². The van der Waals surface area contributed by atoms with E-state index in [-0.39, 0.29) is 56.5 Å². The fourth-order valence-corrected chi connectivity index (χ4v) is 0.403. The molecular formula is C4H16AlMgN5O5S. The Bertz CT molecular complexity index is 374. The number of nitrogens with one attached hydrogen (secondary N) is 3. The van der Waals surface area contributed by atoms with Crippen molar-refractivity contribution in [2.24, 2.45) is 11.5 Å². The Morgan fingerprint density at radius 3 is 1.12 bits per heavy atom. The molecule has 11 N–H and O–H groups in total. The maximum absolute atomic E-state index is 10.2. The van der Waals surface area contributed by atoms with Crippen LogP contribution in [0.4, 0.5) is 0 Å². The van der Waals surface area contributed by atoms with Crippen LogP contribution in [0.5, 0.6) is 0 Å². The Morgan fingerprint density at radius 2 is 1.00 bits per heavy atom. The van der Waals surface area contributed by atoms with Crippen molar-refractivity contribution in [1.82, 2.24) is 15.0 Å². The summed E-state index contributed by atoms with van der Waals surface area (Å²) in [4.78, 5) is 35.9. The summed E-state index contributed by atoms with van der Waals surface area (Å²) in [6.07, 6.45) is 0. The van der Waals surface area contributed by atoms with Crippen LogP contribution in [0.2, 0.25) is 0 Å². The molecule has 0 saturated carbocycles. The average Bonchev–Trinajstić information content (AvgIpc) is 1.80. The number of H-pyrrole nitrogens is 3. The van der Waals surface area contributed by atoms with Crippen LogP contribution in [0, 0.1) is 0 Å². The summed E-state index contributed by atoms with van der Waals surface area (Å²) in [5.74, 6) is 0. The average molecular weight is 298 g/mol. The van der Waals surface area contributed by atoms with E-state index in [9.17, 15) is 14.4 Å². The van der Waals surface area contributed by atoms with Gasteiger partial charge in [0.2, 0.25) is 0 Å². The number of hydrogen-bond donors (Lipinski definition) is 5. The number of aromatic amines is 3. The van der Waals surface area contributed by atoms with Gasteiger partial charge in [-0.2, -0.15) is 0 Å². The van der Waals surface area contributed by atoms with Gasteiger partial charge in [-0.3, -0.25) is 15.0 Å². The number of nitrogens with two attached hydrogens (primary N) is 2. The van der Waals surface area contributed by atoms with Gasteiger partial charge in [-0.15, -0.1) is 0 Å². The molecule has 0 amide bonds. The monoisotopic (exact) mass is 297 g/mol. The second-order valence-electron chi connectivity index (χ2n) is 1.76. The molecule has 0 radical (unpaired) electrons. The molecule has 0 aromatic carbocycles. The molecule has 0 unspecified atom stereocenters. The van der Waals surface area contributed by atoms with Gasteiger partial charge in [0.05, 0.1) is 0 Å². The molecule has 0 aliphatic rings. The Labute approximate surface area is 126 Å². The summed E-state index contributed by atoms with van der Waals surface area (Å²) in [6.45, 7) is 0. The minimum Gasteiger partial charge on any atom is -0.412 e. The van der Waals surface area contributed by atoms with Crippen molar-refractivity contribution >= 4 is 57.7 Å². The molecule has 0 aliphatic heterocycles. The van der Waals surface area contributed by atoms with Gasteiger partial charge in [0, 0.05) is 0 Å². The van der Waals surface area contributed by atoms with Crippen molar-refractivity contribution in [2.45, 2.75) is 0 Å². The summed E-state index contributed by atoms with van der Waals surface area (Å²) >= 11 is 4.09. The molecule has 1 aromatic rings. The molecule has 0 spiro atoms. The smallest absolute Gasteiger partial charge is 0.330 e. The van der Waals surface area contributed by atoms with Crippen LogP contribution in [-0.2, 0) is 0 Å². The normalized spacial score (nSPS) is 6.35. The molecule has 1 heterocycles. The van der Waals surface area contributed by atoms with Gasteiger partial charge in [0.15, 0.2) is 22.5 Å². The standard InChI is InChI=1S/C3H3N3O3.CH4N2S.Al.Mg.2H2O.5H/c7-1-4-2(8)6-3(9)5-1;2-1(3)4;;;;;;;;;/h(H3,4,5,6,7,8,9);(H4,2,3,4);;;2*1H2;;;;;. The Kier molecular flexibility index (Phi) is 26.9. The fraction of sp³-hybridized carbons (Fsp3) is 0. The number of aromatic nitrogens is 3. The van der Waals surface area contributed by atoms with Gasteiger partial charge in [-0.25, -0.2) is 14.4 Å². The molecule has 1 rings (SSSR count). The van der Waals surface area contributed by atoms with Gasteiger partial charge in [0.25, 0.3) is 0 Å². The van der Waals surface area contributed by atoms with Crippen LogP contribution in [0.15, 0.2) is 14.4 Å². The minimum atomic E-state index is -0.802. The van der Waals surface area contributed by atoms with E-state index in [1.807, 2.05) is 0 Å². The zero-order valence-electron chi connectivity index (χ0n) is 7.29. The van der Waals surface area contributed by atoms with Gasteiger partial charge in [-0.05, 0) is 12.2 Å². The van der Waals surface area contributed by atoms with Gasteiger partial charge in [0.1, 0.15) is 0 Å². The summed E-state index contributed by atoms with van der Waals surface area (Å²) in [6, 6.07) is 0. The molecule has 1 aromatic heterocycles. The molecular weight excluding hydrogens is 281 g/mol. The van der Waals surface area contributed by atoms with E-state index in [1.54, 1.807) is 15.0 Å². The molecule has 10 nitrogen and oxygen atoms in total. The summed E-state index contributed by atoms with van der Waals surface area (Å²) in [5.41, 5.74) is 6.83. The van der Waals surface area contributed by atoms with E-state index in [0.717, 1.165) is 0 Å². The predicted molar refractivity (Wildman–Crippen MR) is 75.0 cm³/mol. The minimum absolute atomic E-state index is 0. The van der Waals surface area contributed by atoms with Crippen LogP contribution in [0.1, 0.15) is 0 Å². The lowest BCUT2D eigenvalue weighted by Crippen LogP contribution is -2.34. The number of rotatable bonds is 0. The summed E-state index contributed by atoms with van der Waals surface area (Å²) in [7, 11) is 0. The Morgan fingerprint density at radius 1 is 0.882 bits per heavy atom. The lowest BCUT2D eigenvalue weighted by Gasteiger charge is -1.77. The van der Waals surface area contributed by atoms with Gasteiger partial charge in [-0.1, -0.05) is 0 Å². The highest BCUT2D eigenvalue weighted by molar-refractivity contribution is 7.80. The van der Waals surface area contributed by atoms with Crippen molar-refractivity contribution in [2.75, 3.05) is 0 Å². The third-order valence-electron chi connectivity index (χ3n) is 0.681. The second kappa shape index (κ2) is 15.3. The second-order valence-corrected chi connectivity index (χ2v) is 2.24. The third kappa shape index (κ3) is 21.2. The first-order chi connectivity index (χ1) is 5.91. The third-order valence-corrected chi connectivity index (χ3v) is 0.681. The van der Waals surface area contributed by atoms with Crippen molar-refractivity contribution in [3.63, 3.8) is 0 Å². The fourth-order valence-electron chi connectivity index (χ4n) is 0.403. The lowest BCUT2D eigenvalue weighted by atomic mass is 11.0. The molecule has 98 valence electrons. The van der Waals surface area contributed by atoms with Crippen LogP contribution in [0.3, 0.4) is 0 Å². The van der Waals surface area contributed by atoms with E-state index in [0.29, 0.717) is 0 Å². The highest BCUT2D eigenvalue weighted by atomic mass is 32.1. The van der Waals surface area contributed by atoms with Gasteiger partial charge < -0.3 is 22.4 Å². The van der Waals surface area contributed by atoms with E-state index >= 15 is 0 Å². The van der Waals surface area contributed by atoms with Crippen molar-refractivity contribution in [3.05, 3.63) is 31.5 Å². The summed E-state index contributed by atoms with van der Waals surface area (Å²) in [5, 5.41) is 0.000000000000000222. The summed E-state index contributed by atoms with van der Waals surface area (Å²) < 4.78 is 0. The largest absolute Gasteiger partial charge is 0.412 e. The molecule has 13 heteroatoms. The zero-order valence-corrected chi connectivity index (χ0v) is 8.10. The predicted octanol–water partition coefficient (Wildman–Crippen LogP) is -6.81. The van der Waals surface area contributed by atoms with Crippen molar-refractivity contribution in [3.8, 4) is 0 Å². The van der Waals surface area contributed by atoms with Crippen LogP contribution in [0.25, 0.3) is 0 Å². The van der Waals surface area contributed by atoms with E-state index in [4.69, 9.17) is 0 Å². The topological polar surface area (TPSA) is 214 Å². The first kappa shape index (κ1) is 29.9. The lowest BCUT2D eigenvalue weighted by molar-refractivity contribution is 0.823. The molecule has 0 aliphatic carbocycles. The van der Waals surface area contributed by atoms with Crippen molar-refractivity contribution in [1.29, 1.82) is 0 Å². The SMILES string of the molecule is NC(N)=S.O.O.O=c1[nH]c(=O)[nH]c(=O)[nH]1.[AlH3].[MgH2]. The molecule has 0 fully saturated rings. The zero-order chi connectivity index (χ0) is 10.4. The first-order valence-corrected chi connectivity index (χ1v) is 3.30. The maximum atomic E-state index is 10.2. The number of hydrogen-bond acceptors (Lipinski definition) is 4. The molecule has 0 saturated heterocycles. The number of thiocarbonyl (C=S) groups is 1. The Balaban J connectivity index is -0.0000000542. The van der Waals surface area contributed by atoms with E-state index in [2.05, 4.69) is 23.7 Å². The Hall–Kier alpha value is -0.681. The van der Waals surface area contributed by atoms with Gasteiger partial charge >= 0.3 is 40.1 Å². The van der Waals surface area contributed by atoms with Crippen LogP contribution in [-0.4, -0.2) is 71.4 Å². The first-order valence-electron chi connectivity index (χ1n) is 2.89. The highest BCUT2D eigenvalue weighted by Crippen LogP contribution is 1.32. The molecule has 17 heavy (non-hydrogen) atoms. The van der Waals surface area contributed by atoms with Crippen LogP contribution >= 0.6 is 12.2 Å². The van der Waals surface area contributed by atoms with E-state index in [1.165, 1.54) is 0 Å². The molecule has 0 atom stereocenters. The van der Waals surface area contributed by atoms with Crippen LogP contribution < -0.4 is 28.5 Å². The highest BCUT2D eigenvalue weighted by Gasteiger charge is 1.84. The quantitative estimate of drug-likeness (QED) is 0.231.